The molecule has 0 spiro atoms. The Balaban J connectivity index is 1.18. The quantitative estimate of drug-likeness (QED) is 0.494. The van der Waals surface area contributed by atoms with E-state index in [0.717, 1.165) is 44.8 Å². The lowest BCUT2D eigenvalue weighted by molar-refractivity contribution is 0.0637. The first-order valence-corrected chi connectivity index (χ1v) is 11.0. The van der Waals surface area contributed by atoms with Crippen molar-refractivity contribution in [3.63, 3.8) is 0 Å². The lowest BCUT2D eigenvalue weighted by atomic mass is 10.00. The van der Waals surface area contributed by atoms with E-state index >= 15 is 0 Å². The highest BCUT2D eigenvalue weighted by Crippen LogP contribution is 2.19. The molecule has 0 radical (unpaired) electrons. The molecular weight excluding hydrogens is 388 g/mol. The summed E-state index contributed by atoms with van der Waals surface area (Å²) in [5.41, 5.74) is 5.20. The van der Waals surface area contributed by atoms with Crippen molar-refractivity contribution in [2.45, 2.75) is 32.0 Å². The van der Waals surface area contributed by atoms with Crippen molar-refractivity contribution in [1.29, 1.82) is 0 Å². The van der Waals surface area contributed by atoms with Crippen LogP contribution in [0.25, 0.3) is 0 Å². The maximum atomic E-state index is 10.5. The fourth-order valence-corrected chi connectivity index (χ4v) is 4.06. The zero-order valence-corrected chi connectivity index (χ0v) is 18.2. The summed E-state index contributed by atoms with van der Waals surface area (Å²) in [6, 6.07) is 16.6. The van der Waals surface area contributed by atoms with Crippen LogP contribution in [-0.2, 0) is 33.0 Å². The fraction of sp³-hybridized carbons (Fsp3) is 0.400. The smallest absolute Gasteiger partial charge is 0.119 e. The van der Waals surface area contributed by atoms with E-state index in [4.69, 9.17) is 4.74 Å². The van der Waals surface area contributed by atoms with Gasteiger partial charge in [0.25, 0.3) is 0 Å². The molecule has 6 heteroatoms. The highest BCUT2D eigenvalue weighted by Gasteiger charge is 2.18. The van der Waals surface area contributed by atoms with Crippen LogP contribution in [0.3, 0.4) is 0 Å². The Morgan fingerprint density at radius 2 is 2.00 bits per heavy atom. The third-order valence-corrected chi connectivity index (χ3v) is 5.70. The van der Waals surface area contributed by atoms with Gasteiger partial charge in [-0.1, -0.05) is 36.4 Å². The summed E-state index contributed by atoms with van der Waals surface area (Å²) in [4.78, 5) is 2.30. The van der Waals surface area contributed by atoms with Crippen LogP contribution in [0.1, 0.15) is 22.3 Å². The summed E-state index contributed by atoms with van der Waals surface area (Å²) in [6.07, 6.45) is 5.44. The summed E-state index contributed by atoms with van der Waals surface area (Å²) in [6.45, 7) is 4.49. The minimum absolute atomic E-state index is 0.302. The van der Waals surface area contributed by atoms with Crippen molar-refractivity contribution >= 4 is 0 Å². The average molecular weight is 421 g/mol. The first-order chi connectivity index (χ1) is 15.2. The first kappa shape index (κ1) is 21.6. The van der Waals surface area contributed by atoms with Crippen molar-refractivity contribution in [3.8, 4) is 5.75 Å². The molecule has 2 N–H and O–H groups in total. The number of nitrogens with zero attached hydrogens (tertiary/aromatic N) is 3. The van der Waals surface area contributed by atoms with Crippen LogP contribution >= 0.6 is 0 Å². The van der Waals surface area contributed by atoms with Crippen molar-refractivity contribution in [2.75, 3.05) is 26.2 Å². The Hall–Kier alpha value is -2.67. The number of aromatic nitrogens is 2. The molecule has 0 aliphatic carbocycles. The van der Waals surface area contributed by atoms with Gasteiger partial charge in [-0.2, -0.15) is 5.10 Å². The van der Waals surface area contributed by atoms with Crippen LogP contribution in [-0.4, -0.2) is 52.1 Å². The van der Waals surface area contributed by atoms with Gasteiger partial charge in [-0.3, -0.25) is 9.58 Å². The molecule has 0 saturated carbocycles. The molecular formula is C25H32N4O2. The van der Waals surface area contributed by atoms with Gasteiger partial charge in [0, 0.05) is 39.4 Å². The molecule has 4 rings (SSSR count). The molecule has 31 heavy (non-hydrogen) atoms. The van der Waals surface area contributed by atoms with E-state index < -0.39 is 6.10 Å². The van der Waals surface area contributed by atoms with E-state index in [-0.39, 0.29) is 0 Å². The Morgan fingerprint density at radius 3 is 2.84 bits per heavy atom. The second kappa shape index (κ2) is 10.6. The largest absolute Gasteiger partial charge is 0.491 e. The predicted molar refractivity (Wildman–Crippen MR) is 122 cm³/mol. The molecule has 0 fully saturated rings. The van der Waals surface area contributed by atoms with Gasteiger partial charge in [-0.05, 0) is 53.8 Å². The van der Waals surface area contributed by atoms with Crippen LogP contribution in [0, 0.1) is 0 Å². The Labute approximate surface area is 184 Å². The third kappa shape index (κ3) is 6.40. The number of fused-ring (bicyclic) bond motifs is 1. The molecule has 1 aromatic heterocycles. The molecule has 3 aromatic rings. The minimum atomic E-state index is -0.508. The predicted octanol–water partition coefficient (Wildman–Crippen LogP) is 2.55. The minimum Gasteiger partial charge on any atom is -0.491 e. The summed E-state index contributed by atoms with van der Waals surface area (Å²) in [5.74, 6) is 0.801. The van der Waals surface area contributed by atoms with E-state index in [1.54, 1.807) is 0 Å². The highest BCUT2D eigenvalue weighted by atomic mass is 16.5. The zero-order chi connectivity index (χ0) is 21.5. The van der Waals surface area contributed by atoms with Gasteiger partial charge in [0.15, 0.2) is 0 Å². The maximum absolute atomic E-state index is 10.5. The maximum Gasteiger partial charge on any atom is 0.119 e. The van der Waals surface area contributed by atoms with Crippen LogP contribution in [0.4, 0.5) is 0 Å². The second-order valence-electron chi connectivity index (χ2n) is 8.32. The van der Waals surface area contributed by atoms with Crippen LogP contribution in [0.5, 0.6) is 5.75 Å². The Bertz CT molecular complexity index is 971. The van der Waals surface area contributed by atoms with E-state index in [2.05, 4.69) is 45.6 Å². The molecule has 0 bridgehead atoms. The van der Waals surface area contributed by atoms with Crippen molar-refractivity contribution < 1.29 is 9.84 Å². The zero-order valence-electron chi connectivity index (χ0n) is 18.2. The summed E-state index contributed by atoms with van der Waals surface area (Å²) < 4.78 is 7.71. The number of aliphatic hydroxyl groups excluding tert-OH is 1. The number of benzene rings is 2. The van der Waals surface area contributed by atoms with Gasteiger partial charge in [0.1, 0.15) is 18.5 Å². The summed E-state index contributed by atoms with van der Waals surface area (Å²) in [7, 11) is 1.94. The Kier molecular flexibility index (Phi) is 7.35. The molecule has 0 saturated heterocycles. The van der Waals surface area contributed by atoms with Gasteiger partial charge < -0.3 is 15.2 Å². The van der Waals surface area contributed by atoms with Gasteiger partial charge in [0.2, 0.25) is 0 Å². The van der Waals surface area contributed by atoms with E-state index in [1.807, 2.05) is 42.3 Å². The Morgan fingerprint density at radius 1 is 1.13 bits per heavy atom. The fourth-order valence-electron chi connectivity index (χ4n) is 4.06. The number of aliphatic hydroxyl groups is 1. The lowest BCUT2D eigenvalue weighted by Gasteiger charge is -2.30. The van der Waals surface area contributed by atoms with E-state index in [0.29, 0.717) is 13.2 Å². The van der Waals surface area contributed by atoms with Crippen molar-refractivity contribution in [3.05, 3.63) is 83.2 Å². The monoisotopic (exact) mass is 420 g/mol. The standard InChI is InChI=1S/C25H32N4O2/c1-28-16-21(15-27-28)9-11-26-14-20-5-4-8-25(13-20)31-19-24(30)18-29-12-10-22-6-2-3-7-23(22)17-29/h2-8,13,15-16,24,26,30H,9-12,14,17-19H2,1H3. The summed E-state index contributed by atoms with van der Waals surface area (Å²) in [5, 5.41) is 18.1. The van der Waals surface area contributed by atoms with E-state index in [9.17, 15) is 5.11 Å². The van der Waals surface area contributed by atoms with Crippen LogP contribution in [0.15, 0.2) is 60.9 Å². The lowest BCUT2D eigenvalue weighted by Crippen LogP contribution is -2.38. The third-order valence-electron chi connectivity index (χ3n) is 5.70. The molecule has 0 amide bonds. The van der Waals surface area contributed by atoms with Gasteiger partial charge >= 0.3 is 0 Å². The molecule has 2 heterocycles. The van der Waals surface area contributed by atoms with Crippen molar-refractivity contribution in [1.82, 2.24) is 20.0 Å². The van der Waals surface area contributed by atoms with Gasteiger partial charge in [-0.25, -0.2) is 0 Å². The van der Waals surface area contributed by atoms with Crippen molar-refractivity contribution in [2.24, 2.45) is 7.05 Å². The molecule has 1 aliphatic heterocycles. The molecule has 1 unspecified atom stereocenters. The molecule has 1 atom stereocenters. The number of β-amino-alcohol motifs (C(OH)–C–C–N with tert-alkyl or cyclic N) is 1. The normalized spacial score (nSPS) is 14.9. The topological polar surface area (TPSA) is 62.6 Å². The molecule has 1 aliphatic rings. The molecule has 6 nitrogen and oxygen atoms in total. The van der Waals surface area contributed by atoms with Crippen LogP contribution in [0.2, 0.25) is 0 Å². The number of aryl methyl sites for hydroxylation is 1. The number of hydrogen-bond donors (Lipinski definition) is 2. The first-order valence-electron chi connectivity index (χ1n) is 11.0. The van der Waals surface area contributed by atoms with Gasteiger partial charge in [0.05, 0.1) is 6.20 Å². The van der Waals surface area contributed by atoms with Gasteiger partial charge in [-0.15, -0.1) is 0 Å². The number of ether oxygens (including phenoxy) is 1. The highest BCUT2D eigenvalue weighted by molar-refractivity contribution is 5.29. The number of rotatable bonds is 10. The van der Waals surface area contributed by atoms with Crippen LogP contribution < -0.4 is 10.1 Å². The molecule has 164 valence electrons. The average Bonchev–Trinajstić information content (AvgIpc) is 3.20. The second-order valence-corrected chi connectivity index (χ2v) is 8.32. The molecule has 2 aromatic carbocycles. The SMILES string of the molecule is Cn1cc(CCNCc2cccc(OCC(O)CN3CCc4ccccc4C3)c2)cn1. The van der Waals surface area contributed by atoms with E-state index in [1.165, 1.54) is 22.3 Å². The summed E-state index contributed by atoms with van der Waals surface area (Å²) >= 11 is 0. The number of nitrogens with one attached hydrogen (secondary N) is 1. The number of hydrogen-bond acceptors (Lipinski definition) is 5.